The minimum Gasteiger partial charge on any atom is -0.444 e. The predicted octanol–water partition coefficient (Wildman–Crippen LogP) is 5.05. The van der Waals surface area contributed by atoms with Crippen LogP contribution in [0.4, 0.5) is 4.79 Å². The van der Waals surface area contributed by atoms with Crippen molar-refractivity contribution in [1.82, 2.24) is 15.5 Å². The van der Waals surface area contributed by atoms with Gasteiger partial charge in [0.05, 0.1) is 0 Å². The molecule has 0 aliphatic carbocycles. The molecule has 0 heterocycles. The highest BCUT2D eigenvalue weighted by atomic mass is 32.1. The van der Waals surface area contributed by atoms with E-state index in [1.54, 1.807) is 25.7 Å². The number of unbranched alkanes of at least 4 members (excludes halogenated alkanes) is 3. The smallest absolute Gasteiger partial charge is 0.408 e. The monoisotopic (exact) mass is 507 g/mol. The summed E-state index contributed by atoms with van der Waals surface area (Å²) in [7, 11) is 0. The minimum atomic E-state index is -0.921. The van der Waals surface area contributed by atoms with Crippen molar-refractivity contribution in [2.24, 2.45) is 0 Å². The zero-order valence-corrected chi connectivity index (χ0v) is 23.2. The van der Waals surface area contributed by atoms with Crippen LogP contribution in [0.15, 0.2) is 24.3 Å². The van der Waals surface area contributed by atoms with Gasteiger partial charge in [-0.25, -0.2) is 4.79 Å². The van der Waals surface area contributed by atoms with Gasteiger partial charge in [0.1, 0.15) is 17.7 Å². The first-order valence-electron chi connectivity index (χ1n) is 12.8. The molecule has 35 heavy (non-hydrogen) atoms. The predicted molar refractivity (Wildman–Crippen MR) is 145 cm³/mol. The SMILES string of the molecule is CCCCCN(C(=O)C(CS)NC(=O)OC(C)(C)C)C(C(=O)NCCCC)c1ccc(CC)cc1. The molecule has 198 valence electrons. The summed E-state index contributed by atoms with van der Waals surface area (Å²) < 4.78 is 5.35. The molecule has 0 aromatic heterocycles. The topological polar surface area (TPSA) is 87.7 Å². The lowest BCUT2D eigenvalue weighted by molar-refractivity contribution is -0.142. The van der Waals surface area contributed by atoms with Crippen molar-refractivity contribution in [3.63, 3.8) is 0 Å². The first kappa shape index (κ1) is 30.8. The lowest BCUT2D eigenvalue weighted by atomic mass is 10.00. The van der Waals surface area contributed by atoms with Crippen LogP contribution in [0.5, 0.6) is 0 Å². The molecule has 2 N–H and O–H groups in total. The van der Waals surface area contributed by atoms with Crippen LogP contribution in [0.25, 0.3) is 0 Å². The van der Waals surface area contributed by atoms with Crippen molar-refractivity contribution in [1.29, 1.82) is 0 Å². The van der Waals surface area contributed by atoms with E-state index >= 15 is 0 Å². The van der Waals surface area contributed by atoms with Crippen molar-refractivity contribution in [2.75, 3.05) is 18.8 Å². The van der Waals surface area contributed by atoms with E-state index < -0.39 is 23.8 Å². The van der Waals surface area contributed by atoms with E-state index in [1.165, 1.54) is 0 Å². The molecule has 0 fully saturated rings. The van der Waals surface area contributed by atoms with Crippen LogP contribution in [0.3, 0.4) is 0 Å². The van der Waals surface area contributed by atoms with Crippen molar-refractivity contribution in [3.8, 4) is 0 Å². The molecule has 0 spiro atoms. The van der Waals surface area contributed by atoms with Crippen LogP contribution in [0, 0.1) is 0 Å². The Morgan fingerprint density at radius 1 is 1.00 bits per heavy atom. The number of ether oxygens (including phenoxy) is 1. The van der Waals surface area contributed by atoms with Gasteiger partial charge in [0.2, 0.25) is 11.8 Å². The highest BCUT2D eigenvalue weighted by Gasteiger charge is 2.35. The van der Waals surface area contributed by atoms with Gasteiger partial charge in [-0.05, 0) is 51.2 Å². The van der Waals surface area contributed by atoms with Gasteiger partial charge in [-0.1, -0.05) is 64.3 Å². The summed E-state index contributed by atoms with van der Waals surface area (Å²) in [5.74, 6) is -0.485. The van der Waals surface area contributed by atoms with Crippen molar-refractivity contribution in [2.45, 2.75) is 97.8 Å². The molecule has 0 bridgehead atoms. The normalized spacial score (nSPS) is 13.0. The Morgan fingerprint density at radius 3 is 2.14 bits per heavy atom. The fraction of sp³-hybridized carbons (Fsp3) is 0.667. The van der Waals surface area contributed by atoms with Crippen LogP contribution < -0.4 is 10.6 Å². The van der Waals surface area contributed by atoms with Gasteiger partial charge in [-0.2, -0.15) is 12.6 Å². The molecule has 0 saturated carbocycles. The van der Waals surface area contributed by atoms with Crippen molar-refractivity contribution >= 4 is 30.5 Å². The second-order valence-corrected chi connectivity index (χ2v) is 10.1. The van der Waals surface area contributed by atoms with Crippen LogP contribution in [0.2, 0.25) is 0 Å². The van der Waals surface area contributed by atoms with Crippen molar-refractivity contribution < 1.29 is 19.1 Å². The van der Waals surface area contributed by atoms with Gasteiger partial charge >= 0.3 is 6.09 Å². The first-order valence-corrected chi connectivity index (χ1v) is 13.5. The number of hydrogen-bond acceptors (Lipinski definition) is 5. The largest absolute Gasteiger partial charge is 0.444 e. The minimum absolute atomic E-state index is 0.0846. The third-order valence-corrected chi connectivity index (χ3v) is 5.92. The number of nitrogens with zero attached hydrogens (tertiary/aromatic N) is 1. The lowest BCUT2D eigenvalue weighted by Crippen LogP contribution is -2.54. The van der Waals surface area contributed by atoms with E-state index in [0.29, 0.717) is 13.1 Å². The zero-order chi connectivity index (χ0) is 26.4. The number of nitrogens with one attached hydrogen (secondary N) is 2. The summed E-state index contributed by atoms with van der Waals surface area (Å²) in [5, 5.41) is 5.65. The van der Waals surface area contributed by atoms with Crippen LogP contribution in [-0.2, 0) is 20.7 Å². The number of alkyl carbamates (subject to hydrolysis) is 1. The molecule has 0 aliphatic heterocycles. The number of carbonyl (C=O) groups is 3. The van der Waals surface area contributed by atoms with E-state index in [2.05, 4.69) is 44.0 Å². The Labute approximate surface area is 217 Å². The molecule has 0 saturated heterocycles. The Balaban J connectivity index is 3.33. The number of rotatable bonds is 14. The number of aryl methyl sites for hydroxylation is 1. The molecule has 1 aromatic carbocycles. The molecule has 3 amide bonds. The maximum absolute atomic E-state index is 13.8. The number of amides is 3. The zero-order valence-electron chi connectivity index (χ0n) is 22.4. The summed E-state index contributed by atoms with van der Waals surface area (Å²) in [6.45, 7) is 12.5. The Morgan fingerprint density at radius 2 is 1.63 bits per heavy atom. The van der Waals surface area contributed by atoms with E-state index in [1.807, 2.05) is 24.3 Å². The van der Waals surface area contributed by atoms with Gasteiger partial charge < -0.3 is 20.3 Å². The van der Waals surface area contributed by atoms with E-state index in [-0.39, 0.29) is 17.6 Å². The average Bonchev–Trinajstić information content (AvgIpc) is 2.81. The molecule has 0 aliphatic rings. The van der Waals surface area contributed by atoms with Crippen molar-refractivity contribution in [3.05, 3.63) is 35.4 Å². The van der Waals surface area contributed by atoms with Crippen LogP contribution in [0.1, 0.15) is 90.8 Å². The second kappa shape index (κ2) is 15.7. The maximum atomic E-state index is 13.8. The number of hydrogen-bond donors (Lipinski definition) is 3. The number of carbonyl (C=O) groups excluding carboxylic acids is 3. The number of benzene rings is 1. The third kappa shape index (κ3) is 10.9. The lowest BCUT2D eigenvalue weighted by Gasteiger charge is -2.34. The fourth-order valence-electron chi connectivity index (χ4n) is 3.63. The molecule has 1 aromatic rings. The van der Waals surface area contributed by atoms with E-state index in [9.17, 15) is 14.4 Å². The fourth-order valence-corrected chi connectivity index (χ4v) is 3.88. The molecule has 2 unspecified atom stereocenters. The van der Waals surface area contributed by atoms with Crippen LogP contribution >= 0.6 is 12.6 Å². The highest BCUT2D eigenvalue weighted by Crippen LogP contribution is 2.24. The summed E-state index contributed by atoms with van der Waals surface area (Å²) in [5.41, 5.74) is 1.21. The Kier molecular flexibility index (Phi) is 13.8. The molecule has 1 rings (SSSR count). The molecule has 2 atom stereocenters. The van der Waals surface area contributed by atoms with E-state index in [4.69, 9.17) is 4.74 Å². The quantitative estimate of drug-likeness (QED) is 0.243. The van der Waals surface area contributed by atoms with Gasteiger partial charge in [-0.15, -0.1) is 0 Å². The maximum Gasteiger partial charge on any atom is 0.408 e. The summed E-state index contributed by atoms with van der Waals surface area (Å²) in [4.78, 5) is 41.2. The first-order chi connectivity index (χ1) is 16.6. The molecular formula is C27H45N3O4S. The van der Waals surface area contributed by atoms with Gasteiger partial charge in [0, 0.05) is 18.8 Å². The standard InChI is InChI=1S/C27H45N3O4S/c1-7-10-12-18-30(25(32)22(19-35)29-26(33)34-27(4,5)6)23(24(31)28-17-11-8-2)21-15-13-20(9-3)14-16-21/h13-16,22-23,35H,7-12,17-19H2,1-6H3,(H,28,31)(H,29,33). The molecular weight excluding hydrogens is 462 g/mol. The van der Waals surface area contributed by atoms with Gasteiger partial charge in [-0.3, -0.25) is 9.59 Å². The summed E-state index contributed by atoms with van der Waals surface area (Å²) >= 11 is 4.33. The molecule has 0 radical (unpaired) electrons. The van der Waals surface area contributed by atoms with Crippen LogP contribution in [-0.4, -0.2) is 53.3 Å². The average molecular weight is 508 g/mol. The second-order valence-electron chi connectivity index (χ2n) is 9.76. The third-order valence-electron chi connectivity index (χ3n) is 5.55. The Bertz CT molecular complexity index is 793. The van der Waals surface area contributed by atoms with E-state index in [0.717, 1.165) is 49.7 Å². The summed E-state index contributed by atoms with van der Waals surface area (Å²) in [6.07, 6.45) is 4.66. The van der Waals surface area contributed by atoms with Gasteiger partial charge in [0.25, 0.3) is 0 Å². The summed E-state index contributed by atoms with van der Waals surface area (Å²) in [6, 6.07) is 6.09. The molecule has 8 heteroatoms. The highest BCUT2D eigenvalue weighted by molar-refractivity contribution is 7.80. The Hall–Kier alpha value is -2.22. The van der Waals surface area contributed by atoms with Gasteiger partial charge in [0.15, 0.2) is 0 Å². The molecule has 7 nitrogen and oxygen atoms in total. The number of thiol groups is 1.